The van der Waals surface area contributed by atoms with Gasteiger partial charge in [0.15, 0.2) is 0 Å². The van der Waals surface area contributed by atoms with Crippen LogP contribution in [0, 0.1) is 5.41 Å². The van der Waals surface area contributed by atoms with Crippen molar-refractivity contribution >= 4 is 49.3 Å². The van der Waals surface area contributed by atoms with E-state index in [2.05, 4.69) is 81.7 Å². The molecule has 0 aliphatic carbocycles. The number of pyridine rings is 1. The van der Waals surface area contributed by atoms with E-state index in [1.54, 1.807) is 0 Å². The van der Waals surface area contributed by atoms with Gasteiger partial charge in [-0.3, -0.25) is 0 Å². The van der Waals surface area contributed by atoms with Gasteiger partial charge in [-0.05, 0) is 0 Å². The van der Waals surface area contributed by atoms with E-state index < -0.39 is 37.9 Å². The molecule has 0 spiro atoms. The van der Waals surface area contributed by atoms with Gasteiger partial charge in [0.25, 0.3) is 0 Å². The summed E-state index contributed by atoms with van der Waals surface area (Å²) < 4.78 is 14.1. The third-order valence-electron chi connectivity index (χ3n) is 7.53. The van der Waals surface area contributed by atoms with Gasteiger partial charge in [0.2, 0.25) is 0 Å². The van der Waals surface area contributed by atoms with Gasteiger partial charge in [-0.1, -0.05) is 0 Å². The van der Waals surface area contributed by atoms with Crippen LogP contribution in [0.15, 0.2) is 32.7 Å². The van der Waals surface area contributed by atoms with Gasteiger partial charge in [-0.25, -0.2) is 0 Å². The fourth-order valence-corrected chi connectivity index (χ4v) is 29.4. The van der Waals surface area contributed by atoms with Crippen molar-refractivity contribution in [1.82, 2.24) is 14.5 Å². The van der Waals surface area contributed by atoms with Crippen LogP contribution in [0.3, 0.4) is 0 Å². The van der Waals surface area contributed by atoms with Crippen LogP contribution in [-0.4, -0.2) is 47.2 Å². The number of imidazole rings is 1. The van der Waals surface area contributed by atoms with Crippen molar-refractivity contribution in [2.75, 3.05) is 0 Å². The van der Waals surface area contributed by atoms with E-state index in [0.717, 1.165) is 21.8 Å². The van der Waals surface area contributed by atoms with Crippen LogP contribution in [0.5, 0.6) is 0 Å². The number of unbranched alkanes of at least 4 members (excludes halogenated alkanes) is 3. The van der Waals surface area contributed by atoms with Crippen LogP contribution in [0.2, 0.25) is 26.4 Å². The minimum atomic E-state index is -2.80. The maximum atomic E-state index is 12.8. The minimum absolute atomic E-state index is 0.0416. The summed E-state index contributed by atoms with van der Waals surface area (Å²) in [5, 5.41) is 3.57. The molecule has 5 nitrogen and oxygen atoms in total. The molecule has 0 saturated heterocycles. The number of nitrogens with zero attached hydrogens (tertiary/aromatic N) is 3. The molecule has 8 heteroatoms. The average Bonchev–Trinajstić information content (AvgIpc) is 3.46. The Labute approximate surface area is 239 Å². The van der Waals surface area contributed by atoms with Crippen molar-refractivity contribution in [3.05, 3.63) is 33.3 Å². The predicted octanol–water partition coefficient (Wildman–Crippen LogP) is 9.20. The summed E-state index contributed by atoms with van der Waals surface area (Å²) in [6.07, 6.45) is 15.5. The predicted molar refractivity (Wildman–Crippen MR) is 167 cm³/mol. The zero-order valence-electron chi connectivity index (χ0n) is 24.9. The van der Waals surface area contributed by atoms with Crippen LogP contribution >= 0.6 is 10.5 Å². The van der Waals surface area contributed by atoms with E-state index in [4.69, 9.17) is 9.41 Å². The molecule has 2 unspecified atom stereocenters. The first kappa shape index (κ1) is 31.5. The first-order valence-electron chi connectivity index (χ1n) is 14.4. The van der Waals surface area contributed by atoms with Crippen molar-refractivity contribution in [1.29, 1.82) is 0 Å². The first-order valence-corrected chi connectivity index (χ1v) is 25.6. The molecule has 1 radical (unpaired) electrons. The molecule has 0 aromatic carbocycles. The van der Waals surface area contributed by atoms with Crippen LogP contribution in [-0.2, 0) is 9.22 Å². The van der Waals surface area contributed by atoms with E-state index in [-0.39, 0.29) is 11.5 Å². The summed E-state index contributed by atoms with van der Waals surface area (Å²) in [7, 11) is -1.55. The number of aromatic nitrogens is 3. The Morgan fingerprint density at radius 3 is 2.16 bits per heavy atom. The van der Waals surface area contributed by atoms with Gasteiger partial charge in [-0.2, -0.15) is 0 Å². The molecule has 0 saturated carbocycles. The van der Waals surface area contributed by atoms with Crippen LogP contribution in [0.4, 0.5) is 0 Å². The van der Waals surface area contributed by atoms with Crippen LogP contribution < -0.4 is 0 Å². The molecule has 0 amide bonds. The summed E-state index contributed by atoms with van der Waals surface area (Å²) >= 11 is -2.80. The second-order valence-corrected chi connectivity index (χ2v) is 29.9. The van der Waals surface area contributed by atoms with Crippen LogP contribution in [0.25, 0.3) is 17.5 Å². The van der Waals surface area contributed by atoms with Gasteiger partial charge in [0, 0.05) is 0 Å². The van der Waals surface area contributed by atoms with Crippen molar-refractivity contribution in [3.63, 3.8) is 0 Å². The zero-order chi connectivity index (χ0) is 27.9. The number of hydrogen-bond donors (Lipinski definition) is 0. The SMILES string of the molecule is CCC[CH2][Sn]([CH2]CCC)([CH2]CCC)[C]1=Cn2cnc(-c3cncc(C(O[Si](C)C)C(C)(C)C)c3)c2S1=C=O. The third kappa shape index (κ3) is 7.20. The Balaban J connectivity index is 2.07. The van der Waals surface area contributed by atoms with Crippen LogP contribution in [0.1, 0.15) is 91.7 Å². The third-order valence-corrected chi connectivity index (χ3v) is 29.0. The summed E-state index contributed by atoms with van der Waals surface area (Å²) in [5.74, 6) is 0. The molecule has 2 aromatic rings. The molecule has 2 aromatic heterocycles. The molecular weight excluding hydrogens is 613 g/mol. The molecule has 1 aliphatic heterocycles. The van der Waals surface area contributed by atoms with Gasteiger partial charge in [0.05, 0.1) is 0 Å². The molecular formula is C30H48N3O2SSiSn. The Hall–Kier alpha value is -0.994. The van der Waals surface area contributed by atoms with Crippen molar-refractivity contribution in [2.45, 2.75) is 118 Å². The maximum absolute atomic E-state index is 12.8. The normalized spacial score (nSPS) is 16.4. The van der Waals surface area contributed by atoms with E-state index in [1.165, 1.54) is 54.8 Å². The Bertz CT molecular complexity index is 1140. The molecule has 1 aliphatic rings. The monoisotopic (exact) mass is 662 g/mol. The van der Waals surface area contributed by atoms with Gasteiger partial charge in [0.1, 0.15) is 0 Å². The van der Waals surface area contributed by atoms with E-state index in [9.17, 15) is 4.79 Å². The van der Waals surface area contributed by atoms with Crippen molar-refractivity contribution < 1.29 is 9.22 Å². The summed E-state index contributed by atoms with van der Waals surface area (Å²) in [5.41, 5.74) is 2.87. The van der Waals surface area contributed by atoms with E-state index in [1.807, 2.05) is 18.7 Å². The fraction of sp³-hybridized carbons (Fsp3) is 0.633. The molecule has 0 bridgehead atoms. The number of hydrogen-bond acceptors (Lipinski definition) is 4. The van der Waals surface area contributed by atoms with Crippen molar-refractivity contribution in [3.8, 4) is 11.3 Å². The van der Waals surface area contributed by atoms with Gasteiger partial charge in [-0.15, -0.1) is 0 Å². The number of rotatable bonds is 14. The fourth-order valence-electron chi connectivity index (χ4n) is 5.56. The molecule has 0 N–H and O–H groups in total. The second-order valence-electron chi connectivity index (χ2n) is 12.1. The number of fused-ring (bicyclic) bond motifs is 1. The molecule has 3 rings (SSSR count). The summed E-state index contributed by atoms with van der Waals surface area (Å²) in [6.45, 7) is 17.9. The van der Waals surface area contributed by atoms with Crippen molar-refractivity contribution in [2.24, 2.45) is 5.41 Å². The Kier molecular flexibility index (Phi) is 11.7. The molecule has 2 atom stereocenters. The Morgan fingerprint density at radius 2 is 1.66 bits per heavy atom. The molecule has 3 heterocycles. The van der Waals surface area contributed by atoms with E-state index in [0.29, 0.717) is 0 Å². The first-order chi connectivity index (χ1) is 18.1. The standard InChI is InChI=1S/C18H21N3O2SSi.3C4H9.Sn/c1-18(2,3)16(23-25(4)5)14-8-13(9-19-10-14)15-17-21(11-20-15)6-7-24(17)12-22;3*1-3-4-2;/h6,8-11,16H,1-5H3;3*1,3-4H2,2H3;. The van der Waals surface area contributed by atoms with E-state index >= 15 is 0 Å². The average molecular weight is 662 g/mol. The number of carbonyl (C=O) groups excluding carboxylic acids is 1. The second kappa shape index (κ2) is 14.1. The quantitative estimate of drug-likeness (QED) is 0.150. The Morgan fingerprint density at radius 1 is 1.05 bits per heavy atom. The zero-order valence-corrected chi connectivity index (χ0v) is 29.6. The topological polar surface area (TPSA) is 57.0 Å². The van der Waals surface area contributed by atoms with Gasteiger partial charge >= 0.3 is 241 Å². The summed E-state index contributed by atoms with van der Waals surface area (Å²) in [4.78, 5) is 22.2. The summed E-state index contributed by atoms with van der Waals surface area (Å²) in [6, 6.07) is 2.18. The van der Waals surface area contributed by atoms with Gasteiger partial charge < -0.3 is 0 Å². The molecule has 0 fully saturated rings. The molecule has 209 valence electrons. The molecule has 38 heavy (non-hydrogen) atoms.